The molecular weight excluding hydrogens is 316 g/mol. The Labute approximate surface area is 142 Å². The second-order valence-electron chi connectivity index (χ2n) is 5.23. The Morgan fingerprint density at radius 3 is 2.52 bits per heavy atom. The Kier molecular flexibility index (Phi) is 9.07. The summed E-state index contributed by atoms with van der Waals surface area (Å²) in [5.74, 6) is -0.602. The van der Waals surface area contributed by atoms with Gasteiger partial charge in [-0.25, -0.2) is 9.59 Å². The molecule has 1 aromatic carbocycles. The number of carbonyl (C=O) groups is 2. The molecule has 1 aromatic rings. The minimum atomic E-state index is -0.673. The number of esters is 2. The van der Waals surface area contributed by atoms with Gasteiger partial charge in [0.25, 0.3) is 0 Å². The van der Waals surface area contributed by atoms with Gasteiger partial charge >= 0.3 is 11.9 Å². The molecule has 0 spiro atoms. The Hall–Kier alpha value is -1.81. The van der Waals surface area contributed by atoms with Crippen LogP contribution in [0.4, 0.5) is 0 Å². The molecule has 1 rings (SSSR count). The number of unbranched alkanes of at least 4 members (excludes halogenated alkanes) is 1. The normalized spacial score (nSPS) is 12.1. The molecule has 0 amide bonds. The van der Waals surface area contributed by atoms with Crippen LogP contribution in [0.2, 0.25) is 5.02 Å². The van der Waals surface area contributed by atoms with Gasteiger partial charge in [-0.05, 0) is 24.5 Å². The highest BCUT2D eigenvalue weighted by molar-refractivity contribution is 6.32. The lowest BCUT2D eigenvalue weighted by Gasteiger charge is -2.13. The number of ether oxygens (including phenoxy) is 2. The van der Waals surface area contributed by atoms with E-state index in [1.165, 1.54) is 0 Å². The van der Waals surface area contributed by atoms with Crippen LogP contribution in [0.25, 0.3) is 0 Å². The highest BCUT2D eigenvalue weighted by atomic mass is 35.5. The van der Waals surface area contributed by atoms with Crippen molar-refractivity contribution in [3.8, 4) is 5.75 Å². The van der Waals surface area contributed by atoms with Gasteiger partial charge in [-0.15, -0.1) is 0 Å². The van der Waals surface area contributed by atoms with Crippen LogP contribution in [0.15, 0.2) is 36.4 Å². The first-order chi connectivity index (χ1) is 11.1. The van der Waals surface area contributed by atoms with Crippen LogP contribution in [0.1, 0.15) is 39.5 Å². The van der Waals surface area contributed by atoms with Crippen molar-refractivity contribution in [2.24, 2.45) is 5.92 Å². The average molecular weight is 339 g/mol. The summed E-state index contributed by atoms with van der Waals surface area (Å²) in [4.78, 5) is 23.2. The Morgan fingerprint density at radius 1 is 1.17 bits per heavy atom. The maximum Gasteiger partial charge on any atom is 0.336 e. The van der Waals surface area contributed by atoms with Gasteiger partial charge in [0.2, 0.25) is 0 Å². The third-order valence-corrected chi connectivity index (χ3v) is 3.72. The molecule has 0 aliphatic rings. The molecule has 126 valence electrons. The summed E-state index contributed by atoms with van der Waals surface area (Å²) in [6.07, 6.45) is 6.36. The third-order valence-electron chi connectivity index (χ3n) is 3.41. The minimum absolute atomic E-state index is 0.253. The van der Waals surface area contributed by atoms with Gasteiger partial charge in [-0.2, -0.15) is 0 Å². The number of carbonyl (C=O) groups excluding carboxylic acids is 2. The van der Waals surface area contributed by atoms with Gasteiger partial charge in [0.1, 0.15) is 5.75 Å². The number of halogens is 1. The van der Waals surface area contributed by atoms with E-state index in [0.717, 1.165) is 37.8 Å². The molecule has 4 nitrogen and oxygen atoms in total. The fourth-order valence-electron chi connectivity index (χ4n) is 1.95. The third kappa shape index (κ3) is 7.84. The van der Waals surface area contributed by atoms with Crippen LogP contribution in [0.5, 0.6) is 5.75 Å². The monoisotopic (exact) mass is 338 g/mol. The summed E-state index contributed by atoms with van der Waals surface area (Å²) < 4.78 is 10.2. The first kappa shape index (κ1) is 19.2. The summed E-state index contributed by atoms with van der Waals surface area (Å²) in [7, 11) is 0. The molecule has 0 radical (unpaired) electrons. The van der Waals surface area contributed by atoms with Crippen molar-refractivity contribution >= 4 is 23.5 Å². The summed E-state index contributed by atoms with van der Waals surface area (Å²) in [5.41, 5.74) is 0. The van der Waals surface area contributed by atoms with E-state index < -0.39 is 11.9 Å². The summed E-state index contributed by atoms with van der Waals surface area (Å²) in [6.45, 7) is 4.58. The maximum absolute atomic E-state index is 11.6. The van der Waals surface area contributed by atoms with Crippen molar-refractivity contribution in [2.75, 3.05) is 6.61 Å². The van der Waals surface area contributed by atoms with E-state index >= 15 is 0 Å². The number of rotatable bonds is 9. The van der Waals surface area contributed by atoms with Crippen LogP contribution in [-0.2, 0) is 14.3 Å². The zero-order valence-electron chi connectivity index (χ0n) is 13.6. The summed E-state index contributed by atoms with van der Waals surface area (Å²) in [5, 5.41) is 0.332. The molecule has 0 N–H and O–H groups in total. The van der Waals surface area contributed by atoms with Gasteiger partial charge < -0.3 is 9.47 Å². The fraction of sp³-hybridized carbons (Fsp3) is 0.444. The molecule has 5 heteroatoms. The van der Waals surface area contributed by atoms with Crippen molar-refractivity contribution in [3.63, 3.8) is 0 Å². The highest BCUT2D eigenvalue weighted by Gasteiger charge is 2.09. The van der Waals surface area contributed by atoms with E-state index in [0.29, 0.717) is 17.5 Å². The molecule has 1 unspecified atom stereocenters. The molecule has 0 bridgehead atoms. The van der Waals surface area contributed by atoms with Crippen molar-refractivity contribution in [3.05, 3.63) is 41.4 Å². The predicted molar refractivity (Wildman–Crippen MR) is 90.5 cm³/mol. The summed E-state index contributed by atoms with van der Waals surface area (Å²) in [6, 6.07) is 6.62. The van der Waals surface area contributed by atoms with E-state index in [1.807, 2.05) is 0 Å². The van der Waals surface area contributed by atoms with E-state index in [1.54, 1.807) is 24.3 Å². The van der Waals surface area contributed by atoms with E-state index in [9.17, 15) is 9.59 Å². The standard InChI is InChI=1S/C18H23ClO4/c1-3-5-8-14(4-2)13-22-17(20)11-12-18(21)23-16-10-7-6-9-15(16)19/h6-7,9-12,14H,3-5,8,13H2,1-2H3/b12-11+. The number of para-hydroxylation sites is 1. The van der Waals surface area contributed by atoms with Gasteiger partial charge in [0.15, 0.2) is 0 Å². The van der Waals surface area contributed by atoms with Crippen molar-refractivity contribution < 1.29 is 19.1 Å². The van der Waals surface area contributed by atoms with Gasteiger partial charge in [-0.1, -0.05) is 56.8 Å². The first-order valence-electron chi connectivity index (χ1n) is 7.88. The predicted octanol–water partition coefficient (Wildman–Crippen LogP) is 4.56. The lowest BCUT2D eigenvalue weighted by molar-refractivity contribution is -0.139. The lowest BCUT2D eigenvalue weighted by atomic mass is 10.0. The number of hydrogen-bond acceptors (Lipinski definition) is 4. The second-order valence-corrected chi connectivity index (χ2v) is 5.64. The molecule has 0 aromatic heterocycles. The van der Waals surface area contributed by atoms with Crippen LogP contribution < -0.4 is 4.74 Å². The molecule has 0 aliphatic heterocycles. The fourth-order valence-corrected chi connectivity index (χ4v) is 2.13. The van der Waals surface area contributed by atoms with Crippen molar-refractivity contribution in [1.82, 2.24) is 0 Å². The van der Waals surface area contributed by atoms with E-state index in [2.05, 4.69) is 13.8 Å². The molecule has 0 saturated carbocycles. The molecule has 23 heavy (non-hydrogen) atoms. The Bertz CT molecular complexity index is 540. The molecule has 0 saturated heterocycles. The zero-order chi connectivity index (χ0) is 17.1. The van der Waals surface area contributed by atoms with Gasteiger partial charge in [0, 0.05) is 12.2 Å². The van der Waals surface area contributed by atoms with Crippen LogP contribution in [0, 0.1) is 5.92 Å². The van der Waals surface area contributed by atoms with E-state index in [-0.39, 0.29) is 5.75 Å². The topological polar surface area (TPSA) is 52.6 Å². The smallest absolute Gasteiger partial charge is 0.336 e. The summed E-state index contributed by atoms with van der Waals surface area (Å²) >= 11 is 5.88. The quantitative estimate of drug-likeness (QED) is 0.376. The van der Waals surface area contributed by atoms with Gasteiger partial charge in [-0.3, -0.25) is 0 Å². The van der Waals surface area contributed by atoms with Crippen LogP contribution in [-0.4, -0.2) is 18.5 Å². The molecule has 0 aliphatic carbocycles. The largest absolute Gasteiger partial charge is 0.462 e. The second kappa shape index (κ2) is 10.8. The molecule has 1 atom stereocenters. The Morgan fingerprint density at radius 2 is 1.87 bits per heavy atom. The highest BCUT2D eigenvalue weighted by Crippen LogP contribution is 2.23. The average Bonchev–Trinajstić information content (AvgIpc) is 2.55. The minimum Gasteiger partial charge on any atom is -0.462 e. The van der Waals surface area contributed by atoms with Gasteiger partial charge in [0.05, 0.1) is 11.6 Å². The van der Waals surface area contributed by atoms with Crippen LogP contribution in [0.3, 0.4) is 0 Å². The lowest BCUT2D eigenvalue weighted by Crippen LogP contribution is -2.13. The number of hydrogen-bond donors (Lipinski definition) is 0. The Balaban J connectivity index is 2.39. The van der Waals surface area contributed by atoms with E-state index in [4.69, 9.17) is 21.1 Å². The van der Waals surface area contributed by atoms with Crippen molar-refractivity contribution in [1.29, 1.82) is 0 Å². The zero-order valence-corrected chi connectivity index (χ0v) is 14.3. The molecule has 0 fully saturated rings. The maximum atomic E-state index is 11.6. The first-order valence-corrected chi connectivity index (χ1v) is 8.25. The molecular formula is C18H23ClO4. The van der Waals surface area contributed by atoms with Crippen LogP contribution >= 0.6 is 11.6 Å². The number of benzene rings is 1. The SMILES string of the molecule is CCCCC(CC)COC(=O)/C=C/C(=O)Oc1ccccc1Cl. The van der Waals surface area contributed by atoms with Crippen molar-refractivity contribution in [2.45, 2.75) is 39.5 Å². The molecule has 0 heterocycles.